The van der Waals surface area contributed by atoms with Gasteiger partial charge >= 0.3 is 6.03 Å². The largest absolute Gasteiger partial charge is 0.491 e. The lowest BCUT2D eigenvalue weighted by molar-refractivity contribution is 0.243. The summed E-state index contributed by atoms with van der Waals surface area (Å²) in [6, 6.07) is 5.37. The fourth-order valence-corrected chi connectivity index (χ4v) is 2.27. The second-order valence-corrected chi connectivity index (χ2v) is 4.72. The van der Waals surface area contributed by atoms with Crippen LogP contribution in [0.4, 0.5) is 10.6 Å². The van der Waals surface area contributed by atoms with Gasteiger partial charge in [-0.15, -0.1) is 0 Å². The van der Waals surface area contributed by atoms with Gasteiger partial charge in [0.15, 0.2) is 11.4 Å². The summed E-state index contributed by atoms with van der Waals surface area (Å²) in [5.74, 6) is 1.24. The van der Waals surface area contributed by atoms with E-state index in [0.29, 0.717) is 36.8 Å². The van der Waals surface area contributed by atoms with Gasteiger partial charge in [-0.2, -0.15) is 0 Å². The Kier molecular flexibility index (Phi) is 3.45. The zero-order chi connectivity index (χ0) is 13.9. The topological polar surface area (TPSA) is 67.6 Å². The molecule has 1 aromatic heterocycles. The van der Waals surface area contributed by atoms with Crippen LogP contribution in [0.1, 0.15) is 19.8 Å². The number of aromatic nitrogens is 1. The molecule has 0 fully saturated rings. The van der Waals surface area contributed by atoms with E-state index in [1.807, 2.05) is 18.2 Å². The number of carbonyl (C=O) groups excluding carboxylic acids is 1. The number of benzene rings is 1. The SMILES string of the molecule is CCCCNC(=O)N1CCOc2cccc3onc1c23. The Morgan fingerprint density at radius 2 is 2.40 bits per heavy atom. The lowest BCUT2D eigenvalue weighted by Gasteiger charge is -2.18. The van der Waals surface area contributed by atoms with Gasteiger partial charge in [0.2, 0.25) is 0 Å². The van der Waals surface area contributed by atoms with Gasteiger partial charge in [-0.05, 0) is 18.6 Å². The molecule has 106 valence electrons. The summed E-state index contributed by atoms with van der Waals surface area (Å²) in [5, 5.41) is 7.68. The zero-order valence-electron chi connectivity index (χ0n) is 11.4. The number of hydrogen-bond acceptors (Lipinski definition) is 4. The Hall–Kier alpha value is -2.24. The predicted octanol–water partition coefficient (Wildman–Crippen LogP) is 2.54. The molecule has 0 bridgehead atoms. The van der Waals surface area contributed by atoms with Gasteiger partial charge in [0, 0.05) is 6.54 Å². The molecule has 0 saturated heterocycles. The molecule has 1 N–H and O–H groups in total. The van der Waals surface area contributed by atoms with Crippen LogP contribution in [0.25, 0.3) is 11.0 Å². The molecule has 1 aromatic carbocycles. The van der Waals surface area contributed by atoms with Crippen molar-refractivity contribution < 1.29 is 14.1 Å². The fraction of sp³-hybridized carbons (Fsp3) is 0.429. The van der Waals surface area contributed by atoms with Crippen LogP contribution in [-0.4, -0.2) is 30.9 Å². The lowest BCUT2D eigenvalue weighted by Crippen LogP contribution is -2.42. The smallest absolute Gasteiger partial charge is 0.323 e. The van der Waals surface area contributed by atoms with Crippen molar-refractivity contribution in [2.24, 2.45) is 0 Å². The zero-order valence-corrected chi connectivity index (χ0v) is 11.4. The number of hydrogen-bond donors (Lipinski definition) is 1. The quantitative estimate of drug-likeness (QED) is 0.874. The molecule has 6 heteroatoms. The monoisotopic (exact) mass is 275 g/mol. The van der Waals surface area contributed by atoms with Crippen molar-refractivity contribution in [2.45, 2.75) is 19.8 Å². The van der Waals surface area contributed by atoms with Crippen molar-refractivity contribution in [3.63, 3.8) is 0 Å². The van der Waals surface area contributed by atoms with Crippen molar-refractivity contribution in [3.05, 3.63) is 18.2 Å². The van der Waals surface area contributed by atoms with Gasteiger partial charge in [-0.3, -0.25) is 4.90 Å². The maximum Gasteiger partial charge on any atom is 0.323 e. The number of anilines is 1. The van der Waals surface area contributed by atoms with Crippen molar-refractivity contribution in [1.29, 1.82) is 0 Å². The van der Waals surface area contributed by atoms with E-state index in [1.165, 1.54) is 0 Å². The van der Waals surface area contributed by atoms with Crippen LogP contribution in [0.3, 0.4) is 0 Å². The molecule has 3 rings (SSSR count). The van der Waals surface area contributed by atoms with E-state index < -0.39 is 0 Å². The van der Waals surface area contributed by atoms with Gasteiger partial charge in [-0.25, -0.2) is 4.79 Å². The van der Waals surface area contributed by atoms with E-state index in [9.17, 15) is 4.79 Å². The number of nitrogens with one attached hydrogen (secondary N) is 1. The van der Waals surface area contributed by atoms with Gasteiger partial charge in [-0.1, -0.05) is 24.6 Å². The Bertz CT molecular complexity index is 623. The molecular weight excluding hydrogens is 258 g/mol. The van der Waals surface area contributed by atoms with E-state index in [-0.39, 0.29) is 6.03 Å². The van der Waals surface area contributed by atoms with Gasteiger partial charge in [0.1, 0.15) is 17.7 Å². The third kappa shape index (κ3) is 2.17. The van der Waals surface area contributed by atoms with Crippen molar-refractivity contribution in [1.82, 2.24) is 10.5 Å². The number of ether oxygens (including phenoxy) is 1. The summed E-state index contributed by atoms with van der Waals surface area (Å²) < 4.78 is 10.9. The Balaban J connectivity index is 1.91. The third-order valence-corrected chi connectivity index (χ3v) is 3.32. The first-order chi connectivity index (χ1) is 9.81. The van der Waals surface area contributed by atoms with Gasteiger partial charge in [0.25, 0.3) is 0 Å². The molecule has 2 heterocycles. The number of carbonyl (C=O) groups is 1. The van der Waals surface area contributed by atoms with Gasteiger partial charge < -0.3 is 14.6 Å². The normalized spacial score (nSPS) is 13.9. The van der Waals surface area contributed by atoms with Crippen LogP contribution in [0, 0.1) is 0 Å². The average Bonchev–Trinajstić information content (AvgIpc) is 2.78. The molecule has 2 aromatic rings. The molecule has 6 nitrogen and oxygen atoms in total. The molecule has 0 saturated carbocycles. The average molecular weight is 275 g/mol. The molecule has 0 radical (unpaired) electrons. The standard InChI is InChI=1S/C14H17N3O3/c1-2-3-7-15-14(18)17-8-9-19-10-5-4-6-11-12(10)13(17)16-20-11/h4-6H,2-3,7-9H2,1H3,(H,15,18). The summed E-state index contributed by atoms with van der Waals surface area (Å²) in [5.41, 5.74) is 0.630. The summed E-state index contributed by atoms with van der Waals surface area (Å²) in [4.78, 5) is 13.8. The predicted molar refractivity (Wildman–Crippen MR) is 75.2 cm³/mol. The van der Waals surface area contributed by atoms with E-state index in [1.54, 1.807) is 4.90 Å². The van der Waals surface area contributed by atoms with Crippen molar-refractivity contribution in [3.8, 4) is 5.75 Å². The summed E-state index contributed by atoms with van der Waals surface area (Å²) in [6.45, 7) is 3.64. The highest BCUT2D eigenvalue weighted by Crippen LogP contribution is 2.35. The number of amides is 2. The van der Waals surface area contributed by atoms with Crippen LogP contribution in [0.15, 0.2) is 22.7 Å². The molecule has 1 aliphatic heterocycles. The minimum atomic E-state index is -0.158. The van der Waals surface area contributed by atoms with Crippen molar-refractivity contribution >= 4 is 22.8 Å². The van der Waals surface area contributed by atoms with Crippen LogP contribution >= 0.6 is 0 Å². The fourth-order valence-electron chi connectivity index (χ4n) is 2.27. The highest BCUT2D eigenvalue weighted by atomic mass is 16.5. The van der Waals surface area contributed by atoms with E-state index >= 15 is 0 Å². The van der Waals surface area contributed by atoms with E-state index in [0.717, 1.165) is 18.2 Å². The molecule has 0 spiro atoms. The number of rotatable bonds is 3. The Labute approximate surface area is 116 Å². The minimum absolute atomic E-state index is 0.158. The summed E-state index contributed by atoms with van der Waals surface area (Å²) in [7, 11) is 0. The first kappa shape index (κ1) is 12.8. The molecule has 20 heavy (non-hydrogen) atoms. The molecule has 2 amide bonds. The highest BCUT2D eigenvalue weighted by Gasteiger charge is 2.26. The van der Waals surface area contributed by atoms with Crippen molar-refractivity contribution in [2.75, 3.05) is 24.6 Å². The summed E-state index contributed by atoms with van der Waals surface area (Å²) >= 11 is 0. The van der Waals surface area contributed by atoms with E-state index in [2.05, 4.69) is 17.4 Å². The molecule has 0 unspecified atom stereocenters. The first-order valence-electron chi connectivity index (χ1n) is 6.88. The Morgan fingerprint density at radius 1 is 1.50 bits per heavy atom. The second kappa shape index (κ2) is 5.40. The first-order valence-corrected chi connectivity index (χ1v) is 6.88. The van der Waals surface area contributed by atoms with Crippen LogP contribution in [-0.2, 0) is 0 Å². The number of urea groups is 1. The van der Waals surface area contributed by atoms with Crippen LogP contribution in [0.2, 0.25) is 0 Å². The van der Waals surface area contributed by atoms with Crippen LogP contribution < -0.4 is 15.0 Å². The molecule has 0 atom stereocenters. The maximum atomic E-state index is 12.3. The number of nitrogens with zero attached hydrogens (tertiary/aromatic N) is 2. The molecular formula is C14H17N3O3. The third-order valence-electron chi connectivity index (χ3n) is 3.32. The summed E-state index contributed by atoms with van der Waals surface area (Å²) in [6.07, 6.45) is 2.00. The Morgan fingerprint density at radius 3 is 3.25 bits per heavy atom. The lowest BCUT2D eigenvalue weighted by atomic mass is 10.2. The second-order valence-electron chi connectivity index (χ2n) is 4.72. The maximum absolute atomic E-state index is 12.3. The van der Waals surface area contributed by atoms with Crippen LogP contribution in [0.5, 0.6) is 5.75 Å². The molecule has 0 aliphatic carbocycles. The number of unbranched alkanes of at least 4 members (excludes halogenated alkanes) is 1. The van der Waals surface area contributed by atoms with Gasteiger partial charge in [0.05, 0.1) is 6.54 Å². The molecule has 1 aliphatic rings. The minimum Gasteiger partial charge on any atom is -0.491 e. The highest BCUT2D eigenvalue weighted by molar-refractivity contribution is 6.03. The van der Waals surface area contributed by atoms with E-state index in [4.69, 9.17) is 9.26 Å².